The molecule has 0 bridgehead atoms. The van der Waals surface area contributed by atoms with Crippen molar-refractivity contribution >= 4 is 17.9 Å². The first-order valence-electron chi connectivity index (χ1n) is 24.4. The van der Waals surface area contributed by atoms with Crippen LogP contribution in [-0.2, 0) is 28.6 Å². The third-order valence-electron chi connectivity index (χ3n) is 9.75. The highest BCUT2D eigenvalue weighted by atomic mass is 16.6. The Hall–Kier alpha value is -4.79. The fourth-order valence-corrected chi connectivity index (χ4v) is 6.06. The number of carbonyl (C=O) groups is 3. The van der Waals surface area contributed by atoms with Crippen molar-refractivity contribution in [2.45, 2.75) is 154 Å². The van der Waals surface area contributed by atoms with Crippen molar-refractivity contribution < 1.29 is 38.2 Å². The summed E-state index contributed by atoms with van der Waals surface area (Å²) in [6.07, 6.45) is 67.7. The Morgan fingerprint density at radius 1 is 0.462 bits per heavy atom. The Balaban J connectivity index is 4.51. The zero-order chi connectivity index (χ0) is 47.7. The smallest absolute Gasteiger partial charge is 0.362 e. The first-order chi connectivity index (χ1) is 31.6. The monoisotopic (exact) mass is 899 g/mol. The minimum atomic E-state index is -0.897. The van der Waals surface area contributed by atoms with E-state index in [-0.39, 0.29) is 49.1 Å². The average Bonchev–Trinajstić information content (AvgIpc) is 3.27. The van der Waals surface area contributed by atoms with Gasteiger partial charge >= 0.3 is 17.9 Å². The number of esters is 2. The van der Waals surface area contributed by atoms with E-state index in [1.807, 2.05) is 33.3 Å². The van der Waals surface area contributed by atoms with Crippen LogP contribution in [0, 0.1) is 0 Å². The van der Waals surface area contributed by atoms with E-state index < -0.39 is 18.1 Å². The summed E-state index contributed by atoms with van der Waals surface area (Å²) >= 11 is 0. The maximum Gasteiger partial charge on any atom is 0.362 e. The molecule has 0 saturated carbocycles. The van der Waals surface area contributed by atoms with Gasteiger partial charge in [0.05, 0.1) is 34.4 Å². The second kappa shape index (κ2) is 45.8. The van der Waals surface area contributed by atoms with Gasteiger partial charge in [-0.1, -0.05) is 166 Å². The molecule has 0 heterocycles. The van der Waals surface area contributed by atoms with Crippen LogP contribution in [0.5, 0.6) is 0 Å². The van der Waals surface area contributed by atoms with Crippen LogP contribution in [0.4, 0.5) is 0 Å². The van der Waals surface area contributed by atoms with Gasteiger partial charge in [-0.3, -0.25) is 9.59 Å². The maximum absolute atomic E-state index is 12.8. The number of unbranched alkanes of at least 4 members (excludes halogenated alkanes) is 3. The van der Waals surface area contributed by atoms with E-state index in [1.54, 1.807) is 0 Å². The van der Waals surface area contributed by atoms with Crippen LogP contribution >= 0.6 is 0 Å². The summed E-state index contributed by atoms with van der Waals surface area (Å²) in [4.78, 5) is 37.1. The highest BCUT2D eigenvalue weighted by Gasteiger charge is 2.31. The van der Waals surface area contributed by atoms with Crippen LogP contribution in [0.2, 0.25) is 0 Å². The molecule has 2 unspecified atom stereocenters. The fourth-order valence-electron chi connectivity index (χ4n) is 6.06. The van der Waals surface area contributed by atoms with Gasteiger partial charge in [-0.15, -0.1) is 0 Å². The molecule has 0 spiro atoms. The second-order valence-electron chi connectivity index (χ2n) is 16.6. The molecule has 1 N–H and O–H groups in total. The fraction of sp³-hybridized carbons (Fsp3) is 0.526. The maximum atomic E-state index is 12.8. The first-order valence-corrected chi connectivity index (χ1v) is 24.4. The lowest BCUT2D eigenvalue weighted by Crippen LogP contribution is -2.50. The minimum absolute atomic E-state index is 0.0122. The predicted octanol–water partition coefficient (Wildman–Crippen LogP) is 14.1. The Morgan fingerprint density at radius 3 is 1.23 bits per heavy atom. The molecular formula is C57H88NO7+. The average molecular weight is 899 g/mol. The lowest BCUT2D eigenvalue weighted by molar-refractivity contribution is -0.887. The van der Waals surface area contributed by atoms with Gasteiger partial charge in [-0.05, 0) is 103 Å². The number of likely N-dealkylation sites (N-methyl/N-ethyl adjacent to an activating group) is 1. The molecule has 0 amide bonds. The zero-order valence-electron chi connectivity index (χ0n) is 41.1. The summed E-state index contributed by atoms with van der Waals surface area (Å²) in [6, 6.07) is -0.643. The van der Waals surface area contributed by atoms with E-state index in [4.69, 9.17) is 14.2 Å². The molecule has 0 aromatic carbocycles. The van der Waals surface area contributed by atoms with E-state index in [9.17, 15) is 19.5 Å². The standard InChI is InChI=1S/C57H87NO7/c1-6-8-10-12-14-16-18-20-22-24-26-27-28-30-32-34-36-38-40-42-44-46-48-56(60)65-53(51-63-50-49-54(57(61)62)58(3,4)5)52-64-55(59)47-45-43-41-39-37-35-33-31-29-25-23-21-19-17-15-13-11-9-7-2/h8-11,14-17,20-23,26-27,29-32,35-38,41,43,53-54H,6-7,12-13,18-19,24-25,28,33-34,39-40,42,44-52H2,1-5H3/p+1/b10-8+,11-9+,16-14+,17-15+,22-20+,23-21+,27-26+,31-29+,32-30+,37-35+,38-36+,43-41+. The Labute approximate surface area is 395 Å². The van der Waals surface area contributed by atoms with Crippen LogP contribution < -0.4 is 0 Å². The van der Waals surface area contributed by atoms with Crippen LogP contribution in [-0.4, -0.2) is 80.6 Å². The SMILES string of the molecule is CC/C=C/C/C=C/C/C=C/C/C=C/C/C=C/C/C=C/CCCCCC(=O)OC(COCCC(C(=O)O)[N+](C)(C)C)COC(=O)CC/C=C/C/C=C/C/C=C/C/C=C/C/C=C/C/C=C/CC. The molecule has 8 nitrogen and oxygen atoms in total. The molecule has 0 aliphatic rings. The van der Waals surface area contributed by atoms with Crippen LogP contribution in [0.3, 0.4) is 0 Å². The van der Waals surface area contributed by atoms with Crippen molar-refractivity contribution in [3.63, 3.8) is 0 Å². The molecular weight excluding hydrogens is 811 g/mol. The Kier molecular flexibility index (Phi) is 42.4. The molecule has 362 valence electrons. The number of rotatable bonds is 41. The number of carboxylic acids is 1. The number of hydrogen-bond donors (Lipinski definition) is 1. The van der Waals surface area contributed by atoms with E-state index in [0.717, 1.165) is 96.3 Å². The number of carboxylic acid groups (broad SMARTS) is 1. The topological polar surface area (TPSA) is 99.1 Å². The highest BCUT2D eigenvalue weighted by molar-refractivity contribution is 5.72. The number of hydrogen-bond acceptors (Lipinski definition) is 6. The molecule has 8 heteroatoms. The van der Waals surface area contributed by atoms with Gasteiger partial charge in [0.15, 0.2) is 12.1 Å². The molecule has 0 aliphatic heterocycles. The minimum Gasteiger partial charge on any atom is -0.477 e. The zero-order valence-corrected chi connectivity index (χ0v) is 41.1. The number of carbonyl (C=O) groups excluding carboxylic acids is 2. The molecule has 0 aromatic rings. The third-order valence-corrected chi connectivity index (χ3v) is 9.75. The van der Waals surface area contributed by atoms with E-state index >= 15 is 0 Å². The van der Waals surface area contributed by atoms with Gasteiger partial charge < -0.3 is 23.8 Å². The normalized spacial score (nSPS) is 14.2. The Bertz CT molecular complexity index is 1560. The summed E-state index contributed by atoms with van der Waals surface area (Å²) in [5.41, 5.74) is 0. The molecule has 2 atom stereocenters. The van der Waals surface area contributed by atoms with Gasteiger partial charge in [0.25, 0.3) is 0 Å². The number of quaternary nitrogens is 1. The number of aliphatic carboxylic acids is 1. The van der Waals surface area contributed by atoms with Crippen molar-refractivity contribution in [2.75, 3.05) is 41.0 Å². The van der Waals surface area contributed by atoms with Crippen molar-refractivity contribution in [1.82, 2.24) is 0 Å². The second-order valence-corrected chi connectivity index (χ2v) is 16.6. The first kappa shape index (κ1) is 60.2. The summed E-state index contributed by atoms with van der Waals surface area (Å²) in [5, 5.41) is 9.65. The Morgan fingerprint density at radius 2 is 0.846 bits per heavy atom. The molecule has 0 aromatic heterocycles. The molecule has 0 radical (unpaired) electrons. The van der Waals surface area contributed by atoms with Crippen LogP contribution in [0.25, 0.3) is 0 Å². The lowest BCUT2D eigenvalue weighted by atomic mass is 10.1. The van der Waals surface area contributed by atoms with E-state index in [1.165, 1.54) is 0 Å². The lowest BCUT2D eigenvalue weighted by Gasteiger charge is -2.31. The van der Waals surface area contributed by atoms with Gasteiger partial charge in [0.1, 0.15) is 6.61 Å². The summed E-state index contributed by atoms with van der Waals surface area (Å²) in [6.45, 7) is 4.36. The van der Waals surface area contributed by atoms with Crippen molar-refractivity contribution in [3.8, 4) is 0 Å². The molecule has 0 aliphatic carbocycles. The van der Waals surface area contributed by atoms with Crippen molar-refractivity contribution in [3.05, 3.63) is 146 Å². The van der Waals surface area contributed by atoms with Gasteiger partial charge in [-0.2, -0.15) is 0 Å². The number of ether oxygens (including phenoxy) is 3. The van der Waals surface area contributed by atoms with E-state index in [0.29, 0.717) is 19.3 Å². The van der Waals surface area contributed by atoms with Crippen LogP contribution in [0.1, 0.15) is 142 Å². The van der Waals surface area contributed by atoms with Gasteiger partial charge in [-0.25, -0.2) is 4.79 Å². The van der Waals surface area contributed by atoms with Crippen molar-refractivity contribution in [2.24, 2.45) is 0 Å². The molecule has 65 heavy (non-hydrogen) atoms. The van der Waals surface area contributed by atoms with E-state index in [2.05, 4.69) is 148 Å². The largest absolute Gasteiger partial charge is 0.477 e. The molecule has 0 fully saturated rings. The quantitative estimate of drug-likeness (QED) is 0.0282. The highest BCUT2D eigenvalue weighted by Crippen LogP contribution is 2.11. The predicted molar refractivity (Wildman–Crippen MR) is 274 cm³/mol. The van der Waals surface area contributed by atoms with Gasteiger partial charge in [0.2, 0.25) is 0 Å². The van der Waals surface area contributed by atoms with Gasteiger partial charge in [0, 0.05) is 19.3 Å². The summed E-state index contributed by atoms with van der Waals surface area (Å²) in [5.74, 6) is -1.64. The summed E-state index contributed by atoms with van der Waals surface area (Å²) in [7, 11) is 5.48. The van der Waals surface area contributed by atoms with Crippen LogP contribution in [0.15, 0.2) is 146 Å². The number of allylic oxidation sites excluding steroid dienone is 24. The summed E-state index contributed by atoms with van der Waals surface area (Å²) < 4.78 is 17.2. The third kappa shape index (κ3) is 44.2. The molecule has 0 saturated heterocycles. The molecule has 0 rings (SSSR count). The van der Waals surface area contributed by atoms with Crippen molar-refractivity contribution in [1.29, 1.82) is 0 Å². The number of nitrogens with zero attached hydrogens (tertiary/aromatic N) is 1.